The highest BCUT2D eigenvalue weighted by Gasteiger charge is 2.32. The van der Waals surface area contributed by atoms with Crippen molar-refractivity contribution < 1.29 is 9.18 Å². The second-order valence-electron chi connectivity index (χ2n) is 5.60. The van der Waals surface area contributed by atoms with Gasteiger partial charge < -0.3 is 11.1 Å². The van der Waals surface area contributed by atoms with Gasteiger partial charge in [-0.2, -0.15) is 0 Å². The zero-order chi connectivity index (χ0) is 14.8. The van der Waals surface area contributed by atoms with Gasteiger partial charge in [-0.15, -0.1) is 0 Å². The number of carbonyl (C=O) groups is 1. The van der Waals surface area contributed by atoms with Crippen molar-refractivity contribution in [3.05, 3.63) is 28.0 Å². The molecule has 1 amide bonds. The van der Waals surface area contributed by atoms with Crippen LogP contribution in [0.25, 0.3) is 0 Å². The number of halogens is 2. The van der Waals surface area contributed by atoms with E-state index in [0.29, 0.717) is 16.6 Å². The molecule has 1 fully saturated rings. The predicted octanol–water partition coefficient (Wildman–Crippen LogP) is 3.87. The fraction of sp³-hybridized carbons (Fsp3) is 0.533. The second kappa shape index (κ2) is 6.12. The van der Waals surface area contributed by atoms with Gasteiger partial charge in [-0.1, -0.05) is 19.8 Å². The van der Waals surface area contributed by atoms with Crippen LogP contribution in [-0.4, -0.2) is 12.5 Å². The van der Waals surface area contributed by atoms with E-state index in [1.54, 1.807) is 0 Å². The van der Waals surface area contributed by atoms with Crippen LogP contribution in [0.2, 0.25) is 0 Å². The fourth-order valence-corrected chi connectivity index (χ4v) is 3.38. The number of carbonyl (C=O) groups excluding carboxylic acids is 1. The first-order chi connectivity index (χ1) is 9.47. The maximum absolute atomic E-state index is 13.3. The smallest absolute Gasteiger partial charge is 0.252 e. The van der Waals surface area contributed by atoms with Crippen LogP contribution >= 0.6 is 15.9 Å². The van der Waals surface area contributed by atoms with E-state index in [9.17, 15) is 9.18 Å². The van der Waals surface area contributed by atoms with Crippen molar-refractivity contribution in [3.8, 4) is 0 Å². The summed E-state index contributed by atoms with van der Waals surface area (Å²) in [6.45, 7) is 2.84. The quantitative estimate of drug-likeness (QED) is 0.816. The Morgan fingerprint density at radius 1 is 1.45 bits per heavy atom. The topological polar surface area (TPSA) is 55.1 Å². The monoisotopic (exact) mass is 342 g/mol. The van der Waals surface area contributed by atoms with Gasteiger partial charge in [0.25, 0.3) is 5.91 Å². The highest BCUT2D eigenvalue weighted by atomic mass is 79.9. The number of nitrogens with two attached hydrogens (primary N) is 1. The molecule has 1 aliphatic rings. The van der Waals surface area contributed by atoms with Gasteiger partial charge in [-0.25, -0.2) is 4.39 Å². The molecule has 20 heavy (non-hydrogen) atoms. The largest absolute Gasteiger partial charge is 0.396 e. The Bertz CT molecular complexity index is 513. The summed E-state index contributed by atoms with van der Waals surface area (Å²) < 4.78 is 13.7. The van der Waals surface area contributed by atoms with E-state index in [1.807, 2.05) is 0 Å². The summed E-state index contributed by atoms with van der Waals surface area (Å²) in [5, 5.41) is 2.97. The van der Waals surface area contributed by atoms with Gasteiger partial charge >= 0.3 is 0 Å². The molecule has 1 aromatic rings. The lowest BCUT2D eigenvalue weighted by atomic mass is 9.83. The van der Waals surface area contributed by atoms with Crippen LogP contribution in [0.15, 0.2) is 16.6 Å². The highest BCUT2D eigenvalue weighted by molar-refractivity contribution is 9.10. The first-order valence-electron chi connectivity index (χ1n) is 7.00. The lowest BCUT2D eigenvalue weighted by molar-refractivity contribution is 0.0928. The minimum atomic E-state index is -0.519. The molecular formula is C15H20BrFN2O. The summed E-state index contributed by atoms with van der Waals surface area (Å²) in [6, 6.07) is 2.61. The number of amides is 1. The summed E-state index contributed by atoms with van der Waals surface area (Å²) in [5.41, 5.74) is 6.12. The molecule has 0 radical (unpaired) electrons. The van der Waals surface area contributed by atoms with Gasteiger partial charge in [0.05, 0.1) is 11.3 Å². The molecule has 3 nitrogen and oxygen atoms in total. The Morgan fingerprint density at radius 3 is 2.70 bits per heavy atom. The maximum Gasteiger partial charge on any atom is 0.252 e. The summed E-state index contributed by atoms with van der Waals surface area (Å²) in [6.07, 6.45) is 5.86. The van der Waals surface area contributed by atoms with Gasteiger partial charge in [0, 0.05) is 11.0 Å². The highest BCUT2D eigenvalue weighted by Crippen LogP contribution is 2.40. The SMILES string of the molecule is CCC1(CNC(=O)c2cc(N)c(F)cc2Br)CCCC1. The average Bonchev–Trinajstić information content (AvgIpc) is 2.90. The Balaban J connectivity index is 2.07. The normalized spacial score (nSPS) is 17.1. The van der Waals surface area contributed by atoms with Crippen molar-refractivity contribution in [1.29, 1.82) is 0 Å². The Morgan fingerprint density at radius 2 is 2.10 bits per heavy atom. The minimum absolute atomic E-state index is 0.00980. The van der Waals surface area contributed by atoms with Crippen molar-refractivity contribution in [2.75, 3.05) is 12.3 Å². The number of hydrogen-bond donors (Lipinski definition) is 2. The van der Waals surface area contributed by atoms with Crippen LogP contribution in [0.3, 0.4) is 0 Å². The molecule has 1 aliphatic carbocycles. The molecule has 110 valence electrons. The van der Waals surface area contributed by atoms with Crippen LogP contribution in [-0.2, 0) is 0 Å². The van der Waals surface area contributed by atoms with E-state index in [2.05, 4.69) is 28.2 Å². The third-order valence-electron chi connectivity index (χ3n) is 4.37. The lowest BCUT2D eigenvalue weighted by Crippen LogP contribution is -2.35. The first kappa shape index (κ1) is 15.3. The molecule has 0 bridgehead atoms. The van der Waals surface area contributed by atoms with Crippen LogP contribution < -0.4 is 11.1 Å². The molecule has 0 unspecified atom stereocenters. The maximum atomic E-state index is 13.3. The van der Waals surface area contributed by atoms with Crippen molar-refractivity contribution in [2.45, 2.75) is 39.0 Å². The van der Waals surface area contributed by atoms with Gasteiger partial charge in [-0.05, 0) is 52.7 Å². The Hall–Kier alpha value is -1.10. The van der Waals surface area contributed by atoms with Gasteiger partial charge in [-0.3, -0.25) is 4.79 Å². The number of nitrogen functional groups attached to an aromatic ring is 1. The zero-order valence-corrected chi connectivity index (χ0v) is 13.2. The molecular weight excluding hydrogens is 323 g/mol. The van der Waals surface area contributed by atoms with E-state index in [4.69, 9.17) is 5.73 Å². The number of benzene rings is 1. The van der Waals surface area contributed by atoms with E-state index in [-0.39, 0.29) is 17.0 Å². The Kier molecular flexibility index (Phi) is 4.68. The average molecular weight is 343 g/mol. The Labute approximate surface area is 127 Å². The van der Waals surface area contributed by atoms with Crippen LogP contribution in [0, 0.1) is 11.2 Å². The molecule has 5 heteroatoms. The summed E-state index contributed by atoms with van der Waals surface area (Å²) in [5.74, 6) is -0.724. The van der Waals surface area contributed by atoms with Gasteiger partial charge in [0.1, 0.15) is 5.82 Å². The van der Waals surface area contributed by atoms with Crippen molar-refractivity contribution in [2.24, 2.45) is 5.41 Å². The molecule has 0 heterocycles. The third-order valence-corrected chi connectivity index (χ3v) is 5.03. The van der Waals surface area contributed by atoms with E-state index in [1.165, 1.54) is 25.0 Å². The number of nitrogens with one attached hydrogen (secondary N) is 1. The lowest BCUT2D eigenvalue weighted by Gasteiger charge is -2.27. The summed E-state index contributed by atoms with van der Waals surface area (Å²) in [7, 11) is 0. The molecule has 2 rings (SSSR count). The molecule has 0 aromatic heterocycles. The number of rotatable bonds is 4. The first-order valence-corrected chi connectivity index (χ1v) is 7.79. The molecule has 1 saturated carbocycles. The number of anilines is 1. The van der Waals surface area contributed by atoms with Crippen molar-refractivity contribution >= 4 is 27.5 Å². The van der Waals surface area contributed by atoms with Crippen LogP contribution in [0.1, 0.15) is 49.4 Å². The second-order valence-corrected chi connectivity index (χ2v) is 6.45. The summed E-state index contributed by atoms with van der Waals surface area (Å²) >= 11 is 3.21. The van der Waals surface area contributed by atoms with Crippen molar-refractivity contribution in [3.63, 3.8) is 0 Å². The predicted molar refractivity (Wildman–Crippen MR) is 82.0 cm³/mol. The van der Waals surface area contributed by atoms with Crippen LogP contribution in [0.4, 0.5) is 10.1 Å². The zero-order valence-electron chi connectivity index (χ0n) is 11.6. The standard InChI is InChI=1S/C15H20BrFN2O/c1-2-15(5-3-4-6-15)9-19-14(20)10-7-13(18)12(17)8-11(10)16/h7-8H,2-6,9,18H2,1H3,(H,19,20). The van der Waals surface area contributed by atoms with Gasteiger partial charge in [0.2, 0.25) is 0 Å². The van der Waals surface area contributed by atoms with Crippen LogP contribution in [0.5, 0.6) is 0 Å². The van der Waals surface area contributed by atoms with Crippen molar-refractivity contribution in [1.82, 2.24) is 5.32 Å². The summed E-state index contributed by atoms with van der Waals surface area (Å²) in [4.78, 5) is 12.2. The number of hydrogen-bond acceptors (Lipinski definition) is 2. The van der Waals surface area contributed by atoms with E-state index < -0.39 is 5.82 Å². The molecule has 3 N–H and O–H groups in total. The molecule has 0 spiro atoms. The minimum Gasteiger partial charge on any atom is -0.396 e. The third kappa shape index (κ3) is 3.14. The molecule has 0 atom stereocenters. The molecule has 0 aliphatic heterocycles. The van der Waals surface area contributed by atoms with Gasteiger partial charge in [0.15, 0.2) is 0 Å². The van der Waals surface area contributed by atoms with E-state index in [0.717, 1.165) is 19.3 Å². The molecule has 1 aromatic carbocycles. The fourth-order valence-electron chi connectivity index (χ4n) is 2.88. The van der Waals surface area contributed by atoms with E-state index >= 15 is 0 Å². The molecule has 0 saturated heterocycles.